The van der Waals surface area contributed by atoms with Gasteiger partial charge in [-0.1, -0.05) is 42.5 Å². The van der Waals surface area contributed by atoms with Gasteiger partial charge in [-0.15, -0.1) is 0 Å². The van der Waals surface area contributed by atoms with Crippen LogP contribution in [0, 0.1) is 0 Å². The summed E-state index contributed by atoms with van der Waals surface area (Å²) < 4.78 is 11.6. The molecule has 1 aliphatic rings. The molecule has 0 fully saturated rings. The maximum atomic E-state index is 12.2. The minimum absolute atomic E-state index is 0.155. The third-order valence-corrected chi connectivity index (χ3v) is 3.88. The van der Waals surface area contributed by atoms with Gasteiger partial charge in [0.15, 0.2) is 0 Å². The second kappa shape index (κ2) is 6.56. The van der Waals surface area contributed by atoms with Crippen molar-refractivity contribution in [1.29, 1.82) is 0 Å². The van der Waals surface area contributed by atoms with Crippen LogP contribution in [-0.4, -0.2) is 17.7 Å². The van der Waals surface area contributed by atoms with Gasteiger partial charge in [-0.05, 0) is 50.5 Å². The highest BCUT2D eigenvalue weighted by atomic mass is 16.6. The molecule has 0 aromatic heterocycles. The lowest BCUT2D eigenvalue weighted by Crippen LogP contribution is -2.42. The van der Waals surface area contributed by atoms with Crippen LogP contribution in [0.25, 0.3) is 0 Å². The molecule has 1 aliphatic carbocycles. The van der Waals surface area contributed by atoms with Gasteiger partial charge >= 0.3 is 6.09 Å². The Bertz CT molecular complexity index is 706. The smallest absolute Gasteiger partial charge is 0.408 e. The molecule has 1 amide bonds. The first-order chi connectivity index (χ1) is 11.4. The number of carbonyl (C=O) groups excluding carboxylic acids is 1. The zero-order chi connectivity index (χ0) is 17.2. The molecule has 3 rings (SSSR count). The third kappa shape index (κ3) is 3.88. The first kappa shape index (κ1) is 16.4. The van der Waals surface area contributed by atoms with Crippen LogP contribution in [0.1, 0.15) is 38.0 Å². The predicted molar refractivity (Wildman–Crippen MR) is 93.1 cm³/mol. The Morgan fingerprint density at radius 2 is 1.71 bits per heavy atom. The van der Waals surface area contributed by atoms with Gasteiger partial charge in [0.05, 0.1) is 6.04 Å². The van der Waals surface area contributed by atoms with Gasteiger partial charge in [-0.3, -0.25) is 0 Å². The number of fused-ring (bicyclic) bond motifs is 1. The molecule has 0 aliphatic heterocycles. The van der Waals surface area contributed by atoms with Gasteiger partial charge in [0.1, 0.15) is 17.5 Å². The molecule has 2 aromatic rings. The van der Waals surface area contributed by atoms with Crippen LogP contribution in [0.2, 0.25) is 0 Å². The van der Waals surface area contributed by atoms with E-state index in [0.717, 1.165) is 17.7 Å². The maximum Gasteiger partial charge on any atom is 0.408 e. The van der Waals surface area contributed by atoms with E-state index in [9.17, 15) is 4.79 Å². The van der Waals surface area contributed by atoms with Gasteiger partial charge in [-0.2, -0.15) is 0 Å². The third-order valence-electron chi connectivity index (χ3n) is 3.88. The Morgan fingerprint density at radius 1 is 1.04 bits per heavy atom. The zero-order valence-electron chi connectivity index (χ0n) is 14.3. The molecule has 0 bridgehead atoms. The fourth-order valence-corrected chi connectivity index (χ4v) is 2.94. The van der Waals surface area contributed by atoms with Crippen LogP contribution >= 0.6 is 0 Å². The van der Waals surface area contributed by atoms with Crippen molar-refractivity contribution >= 4 is 6.09 Å². The first-order valence-corrected chi connectivity index (χ1v) is 8.21. The van der Waals surface area contributed by atoms with Crippen LogP contribution in [-0.2, 0) is 11.2 Å². The molecule has 2 atom stereocenters. The molecule has 2 aromatic carbocycles. The fraction of sp³-hybridized carbons (Fsp3) is 0.350. The number of ether oxygens (including phenoxy) is 2. The lowest BCUT2D eigenvalue weighted by molar-refractivity contribution is 0.0456. The van der Waals surface area contributed by atoms with Crippen LogP contribution < -0.4 is 10.1 Å². The van der Waals surface area contributed by atoms with Gasteiger partial charge in [0.25, 0.3) is 0 Å². The topological polar surface area (TPSA) is 47.6 Å². The van der Waals surface area contributed by atoms with Crippen molar-refractivity contribution in [3.05, 3.63) is 65.7 Å². The molecule has 0 saturated heterocycles. The molecule has 0 radical (unpaired) electrons. The molecule has 1 N–H and O–H groups in total. The van der Waals surface area contributed by atoms with E-state index >= 15 is 0 Å². The number of hydrogen-bond acceptors (Lipinski definition) is 3. The number of para-hydroxylation sites is 1. The Kier molecular flexibility index (Phi) is 4.47. The van der Waals surface area contributed by atoms with E-state index in [1.807, 2.05) is 63.2 Å². The molecule has 4 nitrogen and oxygen atoms in total. The maximum absolute atomic E-state index is 12.2. The standard InChI is InChI=1S/C20H23NO3/c1-20(2,3)24-19(22)21-17-13-14-9-7-8-12-16(14)18(17)23-15-10-5-4-6-11-15/h4-12,17-18H,13H2,1-3H3,(H,21,22). The molecular weight excluding hydrogens is 302 g/mol. The first-order valence-electron chi connectivity index (χ1n) is 8.21. The lowest BCUT2D eigenvalue weighted by atomic mass is 10.1. The molecule has 2 unspecified atom stereocenters. The summed E-state index contributed by atoms with van der Waals surface area (Å²) in [5.74, 6) is 0.787. The number of benzene rings is 2. The van der Waals surface area contributed by atoms with Crippen molar-refractivity contribution in [1.82, 2.24) is 5.32 Å². The summed E-state index contributed by atoms with van der Waals surface area (Å²) in [6.07, 6.45) is 0.0884. The summed E-state index contributed by atoms with van der Waals surface area (Å²) >= 11 is 0. The van der Waals surface area contributed by atoms with Gasteiger partial charge in [0, 0.05) is 0 Å². The highest BCUT2D eigenvalue weighted by molar-refractivity contribution is 5.68. The van der Waals surface area contributed by atoms with Crippen LogP contribution in [0.15, 0.2) is 54.6 Å². The summed E-state index contributed by atoms with van der Waals surface area (Å²) in [6, 6.07) is 17.6. The Hall–Kier alpha value is -2.49. The van der Waals surface area contributed by atoms with Crippen LogP contribution in [0.5, 0.6) is 5.75 Å². The normalized spacial score (nSPS) is 19.5. The van der Waals surface area contributed by atoms with E-state index in [0.29, 0.717) is 0 Å². The van der Waals surface area contributed by atoms with E-state index in [4.69, 9.17) is 9.47 Å². The average Bonchev–Trinajstić information content (AvgIpc) is 2.84. The molecular formula is C20H23NO3. The molecule has 0 spiro atoms. The number of rotatable bonds is 3. The number of amides is 1. The second-order valence-corrected chi connectivity index (χ2v) is 7.01. The van der Waals surface area contributed by atoms with E-state index in [1.54, 1.807) is 0 Å². The summed E-state index contributed by atoms with van der Waals surface area (Å²) in [4.78, 5) is 12.2. The van der Waals surface area contributed by atoms with Crippen molar-refractivity contribution in [2.45, 2.75) is 44.9 Å². The highest BCUT2D eigenvalue weighted by Gasteiger charge is 2.36. The van der Waals surface area contributed by atoms with E-state index in [1.165, 1.54) is 5.56 Å². The van der Waals surface area contributed by atoms with Crippen molar-refractivity contribution in [3.63, 3.8) is 0 Å². The SMILES string of the molecule is CC(C)(C)OC(=O)NC1Cc2ccccc2C1Oc1ccccc1. The highest BCUT2D eigenvalue weighted by Crippen LogP contribution is 2.35. The molecule has 0 saturated carbocycles. The Morgan fingerprint density at radius 3 is 2.42 bits per heavy atom. The fourth-order valence-electron chi connectivity index (χ4n) is 2.94. The van der Waals surface area contributed by atoms with Crippen molar-refractivity contribution < 1.29 is 14.3 Å². The van der Waals surface area contributed by atoms with E-state index in [2.05, 4.69) is 17.4 Å². The Labute approximate surface area is 142 Å². The van der Waals surface area contributed by atoms with Crippen molar-refractivity contribution in [3.8, 4) is 5.75 Å². The molecule has 126 valence electrons. The van der Waals surface area contributed by atoms with Gasteiger partial charge in [-0.25, -0.2) is 4.79 Å². The molecule has 4 heteroatoms. The minimum atomic E-state index is -0.522. The number of carbonyl (C=O) groups is 1. The average molecular weight is 325 g/mol. The van der Waals surface area contributed by atoms with Gasteiger partial charge in [0.2, 0.25) is 0 Å². The van der Waals surface area contributed by atoms with Crippen LogP contribution in [0.3, 0.4) is 0 Å². The predicted octanol–water partition coefficient (Wildman–Crippen LogP) is 4.26. The largest absolute Gasteiger partial charge is 0.484 e. The number of nitrogens with one attached hydrogen (secondary N) is 1. The van der Waals surface area contributed by atoms with Crippen molar-refractivity contribution in [2.24, 2.45) is 0 Å². The summed E-state index contributed by atoms with van der Waals surface area (Å²) in [5.41, 5.74) is 1.78. The quantitative estimate of drug-likeness (QED) is 0.917. The number of hydrogen-bond donors (Lipinski definition) is 1. The number of alkyl carbamates (subject to hydrolysis) is 1. The Balaban J connectivity index is 1.79. The zero-order valence-corrected chi connectivity index (χ0v) is 14.3. The van der Waals surface area contributed by atoms with E-state index < -0.39 is 11.7 Å². The van der Waals surface area contributed by atoms with E-state index in [-0.39, 0.29) is 12.1 Å². The van der Waals surface area contributed by atoms with Crippen LogP contribution in [0.4, 0.5) is 4.79 Å². The second-order valence-electron chi connectivity index (χ2n) is 7.01. The van der Waals surface area contributed by atoms with Gasteiger partial charge < -0.3 is 14.8 Å². The van der Waals surface area contributed by atoms with Crippen molar-refractivity contribution in [2.75, 3.05) is 0 Å². The summed E-state index contributed by atoms with van der Waals surface area (Å²) in [7, 11) is 0. The monoisotopic (exact) mass is 325 g/mol. The molecule has 24 heavy (non-hydrogen) atoms. The molecule has 0 heterocycles. The summed E-state index contributed by atoms with van der Waals surface area (Å²) in [5, 5.41) is 2.97. The summed E-state index contributed by atoms with van der Waals surface area (Å²) in [6.45, 7) is 5.57. The minimum Gasteiger partial charge on any atom is -0.484 e. The lowest BCUT2D eigenvalue weighted by Gasteiger charge is -2.25.